The fourth-order valence-electron chi connectivity index (χ4n) is 2.86. The lowest BCUT2D eigenvalue weighted by Crippen LogP contribution is -2.35. The molecular weight excluding hydrogens is 362 g/mol. The van der Waals surface area contributed by atoms with E-state index in [4.69, 9.17) is 4.74 Å². The molecule has 7 nitrogen and oxygen atoms in total. The van der Waals surface area contributed by atoms with Gasteiger partial charge in [0.1, 0.15) is 17.0 Å². The molecule has 0 aliphatic rings. The van der Waals surface area contributed by atoms with Crippen molar-refractivity contribution in [1.82, 2.24) is 20.3 Å². The highest BCUT2D eigenvalue weighted by Gasteiger charge is 2.20. The van der Waals surface area contributed by atoms with Crippen molar-refractivity contribution in [3.8, 4) is 0 Å². The Morgan fingerprint density at radius 3 is 2.89 bits per heavy atom. The topological polar surface area (TPSA) is 89.0 Å². The molecule has 1 atom stereocenters. The number of aromatic nitrogens is 3. The van der Waals surface area contributed by atoms with Crippen molar-refractivity contribution in [2.75, 3.05) is 25.6 Å². The zero-order valence-corrected chi connectivity index (χ0v) is 16.5. The first-order valence-corrected chi connectivity index (χ1v) is 9.59. The number of amides is 1. The highest BCUT2D eigenvalue weighted by atomic mass is 32.1. The van der Waals surface area contributed by atoms with E-state index >= 15 is 0 Å². The van der Waals surface area contributed by atoms with E-state index in [-0.39, 0.29) is 11.9 Å². The van der Waals surface area contributed by atoms with Crippen molar-refractivity contribution in [3.63, 3.8) is 0 Å². The third kappa shape index (κ3) is 4.58. The molecule has 0 aromatic carbocycles. The van der Waals surface area contributed by atoms with Crippen molar-refractivity contribution in [1.29, 1.82) is 0 Å². The van der Waals surface area contributed by atoms with Gasteiger partial charge in [0, 0.05) is 38.0 Å². The minimum absolute atomic E-state index is 0.0610. The molecule has 0 saturated heterocycles. The van der Waals surface area contributed by atoms with Crippen LogP contribution in [0, 0.1) is 6.92 Å². The number of nitrogens with one attached hydrogen (secondary N) is 2. The minimum Gasteiger partial charge on any atom is -0.383 e. The van der Waals surface area contributed by atoms with Gasteiger partial charge in [-0.1, -0.05) is 6.07 Å². The van der Waals surface area contributed by atoms with Gasteiger partial charge < -0.3 is 15.4 Å². The van der Waals surface area contributed by atoms with Crippen LogP contribution >= 0.6 is 11.3 Å². The largest absolute Gasteiger partial charge is 0.383 e. The molecular formula is C19H23N5O2S. The fraction of sp³-hybridized carbons (Fsp3) is 0.368. The molecule has 0 saturated carbocycles. The number of pyridine rings is 1. The lowest BCUT2D eigenvalue weighted by atomic mass is 10.2. The van der Waals surface area contributed by atoms with Crippen LogP contribution in [-0.4, -0.2) is 47.2 Å². The number of fused-ring (bicyclic) bond motifs is 1. The Hall–Kier alpha value is -2.58. The Bertz CT molecular complexity index is 913. The summed E-state index contributed by atoms with van der Waals surface area (Å²) in [6.45, 7) is 5.01. The number of anilines is 1. The molecule has 27 heavy (non-hydrogen) atoms. The van der Waals surface area contributed by atoms with Gasteiger partial charge in [0.25, 0.3) is 5.91 Å². The second-order valence-corrected chi connectivity index (χ2v) is 7.29. The summed E-state index contributed by atoms with van der Waals surface area (Å²) in [4.78, 5) is 27.1. The van der Waals surface area contributed by atoms with Crippen LogP contribution in [0.1, 0.15) is 27.9 Å². The number of aryl methyl sites for hydroxylation is 1. The normalized spacial score (nSPS) is 12.1. The zero-order valence-electron chi connectivity index (χ0n) is 15.7. The summed E-state index contributed by atoms with van der Waals surface area (Å²) in [6, 6.07) is 5.81. The smallest absolute Gasteiger partial charge is 0.262 e. The summed E-state index contributed by atoms with van der Waals surface area (Å²) < 4.78 is 5.08. The number of rotatable bonds is 8. The van der Waals surface area contributed by atoms with Crippen molar-refractivity contribution < 1.29 is 9.53 Å². The van der Waals surface area contributed by atoms with E-state index in [0.29, 0.717) is 18.0 Å². The summed E-state index contributed by atoms with van der Waals surface area (Å²) in [6.07, 6.45) is 4.10. The molecule has 3 aromatic heterocycles. The zero-order chi connectivity index (χ0) is 19.2. The number of carbonyl (C=O) groups is 1. The predicted molar refractivity (Wildman–Crippen MR) is 107 cm³/mol. The molecule has 1 amide bonds. The number of nitrogens with zero attached hydrogens (tertiary/aromatic N) is 3. The van der Waals surface area contributed by atoms with Crippen molar-refractivity contribution in [3.05, 3.63) is 46.9 Å². The minimum atomic E-state index is -0.112. The maximum absolute atomic E-state index is 12.6. The third-order valence-electron chi connectivity index (χ3n) is 4.13. The second kappa shape index (κ2) is 8.88. The van der Waals surface area contributed by atoms with Gasteiger partial charge in [-0.05, 0) is 31.5 Å². The van der Waals surface area contributed by atoms with Crippen LogP contribution in [0.15, 0.2) is 30.7 Å². The van der Waals surface area contributed by atoms with E-state index in [1.165, 1.54) is 17.7 Å². The Labute approximate surface area is 162 Å². The Morgan fingerprint density at radius 1 is 1.30 bits per heavy atom. The van der Waals surface area contributed by atoms with E-state index in [0.717, 1.165) is 33.7 Å². The SMILES string of the molecule is COC[C@H](C)NC(=O)c1sc2ncnc(NCCc3ccccn3)c2c1C. The van der Waals surface area contributed by atoms with E-state index < -0.39 is 0 Å². The number of hydrogen-bond donors (Lipinski definition) is 2. The van der Waals surface area contributed by atoms with E-state index in [2.05, 4.69) is 25.6 Å². The molecule has 142 valence electrons. The number of ether oxygens (including phenoxy) is 1. The summed E-state index contributed by atoms with van der Waals surface area (Å²) in [5, 5.41) is 7.20. The van der Waals surface area contributed by atoms with Crippen LogP contribution in [0.2, 0.25) is 0 Å². The lowest BCUT2D eigenvalue weighted by molar-refractivity contribution is 0.0909. The van der Waals surface area contributed by atoms with Gasteiger partial charge in [-0.25, -0.2) is 9.97 Å². The average molecular weight is 385 g/mol. The van der Waals surface area contributed by atoms with Crippen LogP contribution in [0.3, 0.4) is 0 Å². The molecule has 2 N–H and O–H groups in total. The first-order chi connectivity index (χ1) is 13.1. The number of methoxy groups -OCH3 is 1. The quantitative estimate of drug-likeness (QED) is 0.620. The van der Waals surface area contributed by atoms with Crippen molar-refractivity contribution >= 4 is 33.3 Å². The monoisotopic (exact) mass is 385 g/mol. The van der Waals surface area contributed by atoms with Gasteiger partial charge in [0.2, 0.25) is 0 Å². The third-order valence-corrected chi connectivity index (χ3v) is 5.33. The molecule has 0 unspecified atom stereocenters. The van der Waals surface area contributed by atoms with Crippen LogP contribution in [-0.2, 0) is 11.2 Å². The van der Waals surface area contributed by atoms with Crippen molar-refractivity contribution in [2.24, 2.45) is 0 Å². The van der Waals surface area contributed by atoms with Gasteiger partial charge in [0.15, 0.2) is 0 Å². The van der Waals surface area contributed by atoms with Crippen LogP contribution in [0.5, 0.6) is 0 Å². The molecule has 0 aliphatic carbocycles. The molecule has 0 radical (unpaired) electrons. The maximum atomic E-state index is 12.6. The summed E-state index contributed by atoms with van der Waals surface area (Å²) in [5.41, 5.74) is 1.91. The predicted octanol–water partition coefficient (Wildman–Crippen LogP) is 2.81. The highest BCUT2D eigenvalue weighted by Crippen LogP contribution is 2.33. The van der Waals surface area contributed by atoms with Gasteiger partial charge in [-0.2, -0.15) is 0 Å². The molecule has 0 spiro atoms. The lowest BCUT2D eigenvalue weighted by Gasteiger charge is -2.12. The summed E-state index contributed by atoms with van der Waals surface area (Å²) >= 11 is 1.38. The Morgan fingerprint density at radius 2 is 2.15 bits per heavy atom. The van der Waals surface area contributed by atoms with E-state index in [9.17, 15) is 4.79 Å². The van der Waals surface area contributed by atoms with E-state index in [1.54, 1.807) is 13.3 Å². The van der Waals surface area contributed by atoms with Crippen molar-refractivity contribution in [2.45, 2.75) is 26.3 Å². The maximum Gasteiger partial charge on any atom is 0.262 e. The Kier molecular flexibility index (Phi) is 6.31. The molecule has 3 heterocycles. The Balaban J connectivity index is 1.77. The molecule has 0 aliphatic heterocycles. The van der Waals surface area contributed by atoms with Gasteiger partial charge >= 0.3 is 0 Å². The average Bonchev–Trinajstić information content (AvgIpc) is 3.00. The van der Waals surface area contributed by atoms with Crippen LogP contribution in [0.25, 0.3) is 10.2 Å². The molecule has 0 bridgehead atoms. The van der Waals surface area contributed by atoms with Gasteiger partial charge in [-0.15, -0.1) is 11.3 Å². The molecule has 3 aromatic rings. The van der Waals surface area contributed by atoms with Crippen LogP contribution in [0.4, 0.5) is 5.82 Å². The molecule has 0 fully saturated rings. The molecule has 3 rings (SSSR count). The van der Waals surface area contributed by atoms with Crippen LogP contribution < -0.4 is 10.6 Å². The summed E-state index contributed by atoms with van der Waals surface area (Å²) in [7, 11) is 1.62. The van der Waals surface area contributed by atoms with Gasteiger partial charge in [-0.3, -0.25) is 9.78 Å². The highest BCUT2D eigenvalue weighted by molar-refractivity contribution is 7.20. The first kappa shape index (κ1) is 19.2. The van der Waals surface area contributed by atoms with Gasteiger partial charge in [0.05, 0.1) is 16.9 Å². The molecule has 8 heteroatoms. The number of carbonyl (C=O) groups excluding carboxylic acids is 1. The summed E-state index contributed by atoms with van der Waals surface area (Å²) in [5.74, 6) is 0.633. The standard InChI is InChI=1S/C19H23N5O2S/c1-12(10-26-3)24-18(25)16-13(2)15-17(22-11-23-19(15)27-16)21-9-7-14-6-4-5-8-20-14/h4-6,8,11-12H,7,9-10H2,1-3H3,(H,24,25)(H,21,22,23)/t12-/m0/s1. The second-order valence-electron chi connectivity index (χ2n) is 6.29. The van der Waals surface area contributed by atoms with E-state index in [1.807, 2.05) is 32.0 Å². The number of thiophene rings is 1. The first-order valence-electron chi connectivity index (χ1n) is 8.77. The number of hydrogen-bond acceptors (Lipinski definition) is 7. The fourth-order valence-corrected chi connectivity index (χ4v) is 3.91.